The molecule has 3 nitrogen and oxygen atoms in total. The molecule has 1 aromatic carbocycles. The van der Waals surface area contributed by atoms with Gasteiger partial charge in [-0.05, 0) is 23.6 Å². The molecule has 18 heavy (non-hydrogen) atoms. The molecule has 2 unspecified atom stereocenters. The average molecular weight is 262 g/mol. The van der Waals surface area contributed by atoms with Gasteiger partial charge in [0, 0.05) is 0 Å². The fraction of sp³-hybridized carbons (Fsp3) is 0.417. The molecule has 0 heterocycles. The molecule has 0 amide bonds. The number of carbonyl (C=O) groups is 1. The third-order valence-corrected chi connectivity index (χ3v) is 2.69. The van der Waals surface area contributed by atoms with Gasteiger partial charge in [0.2, 0.25) is 0 Å². The Kier molecular flexibility index (Phi) is 4.34. The summed E-state index contributed by atoms with van der Waals surface area (Å²) in [7, 11) is 0. The van der Waals surface area contributed by atoms with E-state index in [0.29, 0.717) is 12.1 Å². The van der Waals surface area contributed by atoms with E-state index in [1.54, 1.807) is 13.8 Å². The highest BCUT2D eigenvalue weighted by Gasteiger charge is 2.31. The molecule has 0 bridgehead atoms. The van der Waals surface area contributed by atoms with Gasteiger partial charge < -0.3 is 10.2 Å². The van der Waals surface area contributed by atoms with Crippen LogP contribution in [0.1, 0.15) is 25.5 Å². The van der Waals surface area contributed by atoms with E-state index in [1.165, 1.54) is 0 Å². The molecule has 2 atom stereocenters. The highest BCUT2D eigenvalue weighted by molar-refractivity contribution is 5.71. The van der Waals surface area contributed by atoms with Crippen molar-refractivity contribution < 1.29 is 28.2 Å². The number of carboxylic acids is 1. The second kappa shape index (κ2) is 5.39. The lowest BCUT2D eigenvalue weighted by Gasteiger charge is -2.22. The predicted octanol–water partition coefficient (Wildman–Crippen LogP) is 2.49. The van der Waals surface area contributed by atoms with E-state index >= 15 is 0 Å². The molecule has 0 radical (unpaired) electrons. The summed E-state index contributed by atoms with van der Waals surface area (Å²) >= 11 is 0. The zero-order valence-electron chi connectivity index (χ0n) is 9.82. The van der Waals surface area contributed by atoms with Crippen LogP contribution >= 0.6 is 0 Å². The first kappa shape index (κ1) is 14.5. The van der Waals surface area contributed by atoms with Crippen LogP contribution in [-0.2, 0) is 4.79 Å². The Morgan fingerprint density at radius 3 is 1.94 bits per heavy atom. The minimum absolute atomic E-state index is 0.299. The Balaban J connectivity index is 3.17. The van der Waals surface area contributed by atoms with Gasteiger partial charge in [0.15, 0.2) is 17.5 Å². The summed E-state index contributed by atoms with van der Waals surface area (Å²) in [5.74, 6) is -7.54. The number of halogens is 3. The molecule has 1 rings (SSSR count). The van der Waals surface area contributed by atoms with Crippen molar-refractivity contribution in [2.75, 3.05) is 0 Å². The van der Waals surface area contributed by atoms with E-state index in [2.05, 4.69) is 0 Å². The maximum absolute atomic E-state index is 13.0. The highest BCUT2D eigenvalue weighted by atomic mass is 19.2. The van der Waals surface area contributed by atoms with E-state index < -0.39 is 41.4 Å². The van der Waals surface area contributed by atoms with Crippen LogP contribution in [-0.4, -0.2) is 16.2 Å². The monoisotopic (exact) mass is 262 g/mol. The zero-order valence-corrected chi connectivity index (χ0v) is 9.82. The Labute approximate surface area is 102 Å². The summed E-state index contributed by atoms with van der Waals surface area (Å²) in [6.45, 7) is 3.11. The normalized spacial score (nSPS) is 14.6. The van der Waals surface area contributed by atoms with E-state index in [0.717, 1.165) is 0 Å². The third kappa shape index (κ3) is 2.81. The van der Waals surface area contributed by atoms with Crippen molar-refractivity contribution in [2.45, 2.75) is 20.0 Å². The standard InChI is InChI=1S/C12H13F3O3/c1-5(2)9(12(17)18)11(16)6-3-7(13)10(15)8(14)4-6/h3-5,9,11,16H,1-2H3,(H,17,18). The Morgan fingerprint density at radius 2 is 1.61 bits per heavy atom. The summed E-state index contributed by atoms with van der Waals surface area (Å²) in [6.07, 6.45) is -1.60. The number of aliphatic carboxylic acids is 1. The third-order valence-electron chi connectivity index (χ3n) is 2.69. The quantitative estimate of drug-likeness (QED) is 0.820. The highest BCUT2D eigenvalue weighted by Crippen LogP contribution is 2.30. The molecule has 0 saturated heterocycles. The van der Waals surface area contributed by atoms with Gasteiger partial charge in [-0.2, -0.15) is 0 Å². The number of aliphatic hydroxyl groups is 1. The van der Waals surface area contributed by atoms with Gasteiger partial charge in [0.1, 0.15) is 0 Å². The molecule has 2 N–H and O–H groups in total. The van der Waals surface area contributed by atoms with Crippen LogP contribution in [0, 0.1) is 29.3 Å². The first-order valence-corrected chi connectivity index (χ1v) is 5.31. The van der Waals surface area contributed by atoms with Gasteiger partial charge in [-0.25, -0.2) is 13.2 Å². The molecular formula is C12H13F3O3. The largest absolute Gasteiger partial charge is 0.481 e. The number of hydrogen-bond donors (Lipinski definition) is 2. The fourth-order valence-corrected chi connectivity index (χ4v) is 1.74. The van der Waals surface area contributed by atoms with Crippen LogP contribution < -0.4 is 0 Å². The molecule has 0 aliphatic carbocycles. The van der Waals surface area contributed by atoms with Gasteiger partial charge in [0.25, 0.3) is 0 Å². The molecule has 1 aromatic rings. The van der Waals surface area contributed by atoms with Crippen molar-refractivity contribution in [1.29, 1.82) is 0 Å². The molecule has 0 spiro atoms. The van der Waals surface area contributed by atoms with Crippen LogP contribution in [0.2, 0.25) is 0 Å². The fourth-order valence-electron chi connectivity index (χ4n) is 1.74. The van der Waals surface area contributed by atoms with Crippen LogP contribution in [0.4, 0.5) is 13.2 Å². The van der Waals surface area contributed by atoms with Crippen LogP contribution in [0.5, 0.6) is 0 Å². The number of rotatable bonds is 4. The molecule has 0 fully saturated rings. The maximum Gasteiger partial charge on any atom is 0.309 e. The molecule has 0 aliphatic rings. The molecule has 100 valence electrons. The number of carboxylic acid groups (broad SMARTS) is 1. The summed E-state index contributed by atoms with van der Waals surface area (Å²) in [4.78, 5) is 11.0. The second-order valence-corrected chi connectivity index (χ2v) is 4.35. The number of hydrogen-bond acceptors (Lipinski definition) is 2. The molecular weight excluding hydrogens is 249 g/mol. The zero-order chi connectivity index (χ0) is 14.0. The van der Waals surface area contributed by atoms with Crippen molar-refractivity contribution in [2.24, 2.45) is 11.8 Å². The van der Waals surface area contributed by atoms with Crippen molar-refractivity contribution >= 4 is 5.97 Å². The van der Waals surface area contributed by atoms with E-state index in [4.69, 9.17) is 5.11 Å². The molecule has 0 saturated carbocycles. The van der Waals surface area contributed by atoms with Crippen molar-refractivity contribution in [1.82, 2.24) is 0 Å². The Bertz CT molecular complexity index is 437. The first-order valence-electron chi connectivity index (χ1n) is 5.31. The molecule has 6 heteroatoms. The first-order chi connectivity index (χ1) is 8.25. The topological polar surface area (TPSA) is 57.5 Å². The molecule has 0 aromatic heterocycles. The lowest BCUT2D eigenvalue weighted by atomic mass is 9.86. The Morgan fingerprint density at radius 1 is 1.17 bits per heavy atom. The SMILES string of the molecule is CC(C)C(C(=O)O)C(O)c1cc(F)c(F)c(F)c1. The average Bonchev–Trinajstić information content (AvgIpc) is 2.23. The number of benzene rings is 1. The predicted molar refractivity (Wildman–Crippen MR) is 57.2 cm³/mol. The number of aliphatic hydroxyl groups excluding tert-OH is 1. The van der Waals surface area contributed by atoms with Crippen molar-refractivity contribution in [3.05, 3.63) is 35.1 Å². The van der Waals surface area contributed by atoms with Gasteiger partial charge in [-0.3, -0.25) is 4.79 Å². The summed E-state index contributed by atoms with van der Waals surface area (Å²) < 4.78 is 38.7. The van der Waals surface area contributed by atoms with Gasteiger partial charge in [0.05, 0.1) is 12.0 Å². The lowest BCUT2D eigenvalue weighted by molar-refractivity contribution is -0.148. The summed E-state index contributed by atoms with van der Waals surface area (Å²) in [5.41, 5.74) is -0.299. The minimum Gasteiger partial charge on any atom is -0.481 e. The minimum atomic E-state index is -1.65. The maximum atomic E-state index is 13.0. The summed E-state index contributed by atoms with van der Waals surface area (Å²) in [5, 5.41) is 18.8. The van der Waals surface area contributed by atoms with Gasteiger partial charge in [-0.15, -0.1) is 0 Å². The molecule has 0 aliphatic heterocycles. The Hall–Kier alpha value is -1.56. The van der Waals surface area contributed by atoms with Gasteiger partial charge in [-0.1, -0.05) is 13.8 Å². The van der Waals surface area contributed by atoms with Crippen LogP contribution in [0.3, 0.4) is 0 Å². The second-order valence-electron chi connectivity index (χ2n) is 4.35. The van der Waals surface area contributed by atoms with E-state index in [1.807, 2.05) is 0 Å². The summed E-state index contributed by atoms with van der Waals surface area (Å²) in [6, 6.07) is 1.20. The lowest BCUT2D eigenvalue weighted by Crippen LogP contribution is -2.27. The van der Waals surface area contributed by atoms with E-state index in [-0.39, 0.29) is 5.56 Å². The van der Waals surface area contributed by atoms with Crippen LogP contribution in [0.25, 0.3) is 0 Å². The smallest absolute Gasteiger partial charge is 0.309 e. The van der Waals surface area contributed by atoms with Gasteiger partial charge >= 0.3 is 5.97 Å². The van der Waals surface area contributed by atoms with Crippen LogP contribution in [0.15, 0.2) is 12.1 Å². The van der Waals surface area contributed by atoms with E-state index in [9.17, 15) is 23.1 Å². The van der Waals surface area contributed by atoms with Crippen molar-refractivity contribution in [3.63, 3.8) is 0 Å². The van der Waals surface area contributed by atoms with Crippen molar-refractivity contribution in [3.8, 4) is 0 Å².